The Morgan fingerprint density at radius 3 is 2.66 bits per heavy atom. The molecule has 0 radical (unpaired) electrons. The summed E-state index contributed by atoms with van der Waals surface area (Å²) in [6.45, 7) is 0. The highest BCUT2D eigenvalue weighted by molar-refractivity contribution is 14.1. The van der Waals surface area contributed by atoms with Gasteiger partial charge in [0, 0.05) is 3.57 Å². The molecule has 144 valence electrons. The molecule has 0 aliphatic rings. The zero-order valence-corrected chi connectivity index (χ0v) is 17.5. The first-order chi connectivity index (χ1) is 13.9. The highest BCUT2D eigenvalue weighted by Crippen LogP contribution is 2.23. The molecule has 4 rings (SSSR count). The van der Waals surface area contributed by atoms with Crippen LogP contribution in [0.25, 0.3) is 28.7 Å². The van der Waals surface area contributed by atoms with E-state index in [9.17, 15) is 14.9 Å². The molecule has 0 bridgehead atoms. The number of fused-ring (bicyclic) bond motifs is 1. The predicted octanol–water partition coefficient (Wildman–Crippen LogP) is 5.32. The van der Waals surface area contributed by atoms with Crippen molar-refractivity contribution in [1.82, 2.24) is 9.55 Å². The molecule has 0 unspecified atom stereocenters. The van der Waals surface area contributed by atoms with E-state index < -0.39 is 4.92 Å². The molecule has 0 atom stereocenters. The molecule has 2 heterocycles. The van der Waals surface area contributed by atoms with E-state index in [-0.39, 0.29) is 17.2 Å². The Hall–Kier alpha value is -2.98. The summed E-state index contributed by atoms with van der Waals surface area (Å²) < 4.78 is 7.46. The van der Waals surface area contributed by atoms with Gasteiger partial charge in [-0.15, -0.1) is 0 Å². The molecule has 0 N–H and O–H groups in total. The van der Waals surface area contributed by atoms with Gasteiger partial charge in [-0.25, -0.2) is 4.98 Å². The van der Waals surface area contributed by atoms with Crippen LogP contribution in [0.5, 0.6) is 0 Å². The van der Waals surface area contributed by atoms with Crippen LogP contribution in [0.1, 0.15) is 11.6 Å². The van der Waals surface area contributed by atoms with E-state index in [1.54, 1.807) is 42.5 Å². The number of halogens is 2. The van der Waals surface area contributed by atoms with E-state index in [0.717, 1.165) is 3.57 Å². The molecule has 29 heavy (non-hydrogen) atoms. The van der Waals surface area contributed by atoms with Crippen molar-refractivity contribution in [2.75, 3.05) is 0 Å². The molecule has 0 aliphatic carbocycles. The second-order valence-electron chi connectivity index (χ2n) is 5.99. The van der Waals surface area contributed by atoms with Gasteiger partial charge < -0.3 is 4.42 Å². The van der Waals surface area contributed by atoms with Crippen LogP contribution in [0, 0.1) is 13.7 Å². The second kappa shape index (κ2) is 7.80. The number of rotatable bonds is 4. The minimum Gasteiger partial charge on any atom is -0.401 e. The van der Waals surface area contributed by atoms with E-state index in [2.05, 4.69) is 27.6 Å². The first-order valence-electron chi connectivity index (χ1n) is 8.33. The fourth-order valence-electron chi connectivity index (χ4n) is 2.84. The molecule has 9 heteroatoms. The summed E-state index contributed by atoms with van der Waals surface area (Å²) in [4.78, 5) is 28.0. The monoisotopic (exact) mass is 519 g/mol. The molecule has 0 saturated heterocycles. The van der Waals surface area contributed by atoms with Gasteiger partial charge >= 0.3 is 5.88 Å². The van der Waals surface area contributed by atoms with Gasteiger partial charge in [0.2, 0.25) is 0 Å². The maximum Gasteiger partial charge on any atom is 0.433 e. The molecule has 4 aromatic rings. The smallest absolute Gasteiger partial charge is 0.401 e. The summed E-state index contributed by atoms with van der Waals surface area (Å²) in [5.41, 5.74) is 0.744. The van der Waals surface area contributed by atoms with Crippen LogP contribution in [-0.4, -0.2) is 14.5 Å². The highest BCUT2D eigenvalue weighted by Gasteiger charge is 2.14. The van der Waals surface area contributed by atoms with Gasteiger partial charge in [0.05, 0.1) is 27.7 Å². The lowest BCUT2D eigenvalue weighted by Gasteiger charge is -2.12. The molecule has 0 spiro atoms. The first-order valence-corrected chi connectivity index (χ1v) is 9.79. The number of nitro groups is 1. The van der Waals surface area contributed by atoms with Gasteiger partial charge in [-0.2, -0.15) is 0 Å². The fraction of sp³-hybridized carbons (Fsp3) is 0. The van der Waals surface area contributed by atoms with E-state index >= 15 is 0 Å². The van der Waals surface area contributed by atoms with E-state index in [4.69, 9.17) is 16.0 Å². The lowest BCUT2D eigenvalue weighted by atomic mass is 10.2. The van der Waals surface area contributed by atoms with E-state index in [1.165, 1.54) is 22.8 Å². The Kier molecular flexibility index (Phi) is 5.20. The third kappa shape index (κ3) is 3.81. The molecular formula is C20H11ClIN3O4. The molecule has 0 fully saturated rings. The number of benzene rings is 2. The molecule has 7 nitrogen and oxygen atoms in total. The van der Waals surface area contributed by atoms with Gasteiger partial charge in [-0.1, -0.05) is 23.7 Å². The average molecular weight is 520 g/mol. The maximum absolute atomic E-state index is 13.3. The van der Waals surface area contributed by atoms with Crippen LogP contribution in [0.2, 0.25) is 5.02 Å². The summed E-state index contributed by atoms with van der Waals surface area (Å²) in [5, 5.41) is 11.7. The number of aromatic nitrogens is 2. The molecule has 0 amide bonds. The Morgan fingerprint density at radius 1 is 1.14 bits per heavy atom. The quantitative estimate of drug-likeness (QED) is 0.207. The fourth-order valence-corrected chi connectivity index (χ4v) is 3.55. The van der Waals surface area contributed by atoms with Crippen LogP contribution in [-0.2, 0) is 0 Å². The number of nitrogens with zero attached hydrogens (tertiary/aromatic N) is 3. The predicted molar refractivity (Wildman–Crippen MR) is 119 cm³/mol. The van der Waals surface area contributed by atoms with Crippen molar-refractivity contribution < 1.29 is 9.34 Å². The van der Waals surface area contributed by atoms with Crippen LogP contribution in [0.4, 0.5) is 5.88 Å². The average Bonchev–Trinajstić information content (AvgIpc) is 3.17. The highest BCUT2D eigenvalue weighted by atomic mass is 127. The van der Waals surface area contributed by atoms with Crippen molar-refractivity contribution in [3.8, 4) is 5.69 Å². The van der Waals surface area contributed by atoms with Gasteiger partial charge in [0.25, 0.3) is 5.56 Å². The van der Waals surface area contributed by atoms with E-state index in [1.807, 2.05) is 6.07 Å². The molecule has 2 aromatic heterocycles. The van der Waals surface area contributed by atoms with E-state index in [0.29, 0.717) is 27.4 Å². The van der Waals surface area contributed by atoms with Gasteiger partial charge in [-0.3, -0.25) is 19.5 Å². The zero-order chi connectivity index (χ0) is 20.5. The number of furan rings is 1. The van der Waals surface area contributed by atoms with Crippen LogP contribution in [0.3, 0.4) is 0 Å². The third-order valence-corrected chi connectivity index (χ3v) is 5.13. The Labute approximate surface area is 182 Å². The third-order valence-electron chi connectivity index (χ3n) is 4.14. The lowest BCUT2D eigenvalue weighted by molar-refractivity contribution is -0.402. The molecule has 0 saturated carbocycles. The van der Waals surface area contributed by atoms with Crippen molar-refractivity contribution in [3.05, 3.63) is 95.2 Å². The van der Waals surface area contributed by atoms with Crippen molar-refractivity contribution in [2.45, 2.75) is 0 Å². The standard InChI is InChI=1S/C20H11ClIN3O4/c21-15-3-1-2-4-17(15)24-18(9-6-13-7-10-19(29-13)25(27)28)23-16-8-5-12(22)11-14(16)20(24)26/h1-11H. The summed E-state index contributed by atoms with van der Waals surface area (Å²) in [5.74, 6) is 0.212. The maximum atomic E-state index is 13.3. The summed E-state index contributed by atoms with van der Waals surface area (Å²) in [6, 6.07) is 15.1. The molecule has 2 aromatic carbocycles. The molecular weight excluding hydrogens is 509 g/mol. The van der Waals surface area contributed by atoms with Crippen molar-refractivity contribution in [2.24, 2.45) is 0 Å². The Morgan fingerprint density at radius 2 is 1.93 bits per heavy atom. The minimum absolute atomic E-state index is 0.263. The van der Waals surface area contributed by atoms with Crippen LogP contribution >= 0.6 is 34.2 Å². The summed E-state index contributed by atoms with van der Waals surface area (Å²) in [7, 11) is 0. The number of hydrogen-bond donors (Lipinski definition) is 0. The summed E-state index contributed by atoms with van der Waals surface area (Å²) in [6.07, 6.45) is 3.07. The van der Waals surface area contributed by atoms with Gasteiger partial charge in [0.15, 0.2) is 0 Å². The van der Waals surface area contributed by atoms with Crippen LogP contribution in [0.15, 0.2) is 63.8 Å². The normalized spacial score (nSPS) is 11.4. The Bertz CT molecular complexity index is 1340. The topological polar surface area (TPSA) is 91.2 Å². The molecule has 0 aliphatic heterocycles. The zero-order valence-electron chi connectivity index (χ0n) is 14.6. The van der Waals surface area contributed by atoms with Gasteiger partial charge in [-0.05, 0) is 71.1 Å². The SMILES string of the molecule is O=c1c2cc(I)ccc2nc(C=Cc2ccc([N+](=O)[O-])o2)n1-c1ccccc1Cl. The van der Waals surface area contributed by atoms with Crippen LogP contribution < -0.4 is 5.56 Å². The lowest BCUT2D eigenvalue weighted by Crippen LogP contribution is -2.22. The Balaban J connectivity index is 1.94. The van der Waals surface area contributed by atoms with Crippen molar-refractivity contribution in [1.29, 1.82) is 0 Å². The largest absolute Gasteiger partial charge is 0.433 e. The van der Waals surface area contributed by atoms with Gasteiger partial charge in [0.1, 0.15) is 16.5 Å². The first kappa shape index (κ1) is 19.3. The van der Waals surface area contributed by atoms with Crippen molar-refractivity contribution in [3.63, 3.8) is 0 Å². The number of para-hydroxylation sites is 1. The second-order valence-corrected chi connectivity index (χ2v) is 7.64. The van der Waals surface area contributed by atoms with Crippen molar-refractivity contribution >= 4 is 63.1 Å². The summed E-state index contributed by atoms with van der Waals surface area (Å²) >= 11 is 8.47. The minimum atomic E-state index is -0.618. The number of hydrogen-bond acceptors (Lipinski definition) is 5.